The van der Waals surface area contributed by atoms with E-state index in [1.54, 1.807) is 0 Å². The zero-order chi connectivity index (χ0) is 21.1. The van der Waals surface area contributed by atoms with Gasteiger partial charge in [0.1, 0.15) is 0 Å². The Morgan fingerprint density at radius 2 is 2.03 bits per heavy atom. The lowest BCUT2D eigenvalue weighted by Crippen LogP contribution is -2.28. The van der Waals surface area contributed by atoms with Gasteiger partial charge in [-0.1, -0.05) is 48.2 Å². The normalized spacial score (nSPS) is 19.0. The number of benzene rings is 2. The molecule has 0 unspecified atom stereocenters. The maximum atomic E-state index is 12.3. The predicted molar refractivity (Wildman–Crippen MR) is 116 cm³/mol. The zero-order valence-corrected chi connectivity index (χ0v) is 18.2. The maximum absolute atomic E-state index is 12.3. The molecule has 30 heavy (non-hydrogen) atoms. The van der Waals surface area contributed by atoms with Crippen LogP contribution < -0.4 is 5.32 Å². The number of thioether (sulfide) groups is 1. The van der Waals surface area contributed by atoms with Gasteiger partial charge in [0.15, 0.2) is 9.84 Å². The number of hydrogen-bond donors (Lipinski definition) is 1. The number of aromatic nitrogens is 2. The standard InChI is InChI=1S/C21H23N3O4S2/c1-14(17-7-6-16-4-2-3-5-18(16)11-17)22-19(25)12-29-21-24-23-20(28-21)10-15-8-9-30(26,27)13-15/h2-7,11,14-15H,8-10,12-13H2,1H3,(H,22,25)/t14-,15-/m0/s1. The average molecular weight is 446 g/mol. The van der Waals surface area contributed by atoms with E-state index in [2.05, 4.69) is 39.8 Å². The minimum atomic E-state index is -2.93. The molecule has 2 heterocycles. The largest absolute Gasteiger partial charge is 0.416 e. The first-order valence-electron chi connectivity index (χ1n) is 9.82. The molecule has 0 aliphatic carbocycles. The van der Waals surface area contributed by atoms with Crippen molar-refractivity contribution in [1.82, 2.24) is 15.5 Å². The van der Waals surface area contributed by atoms with Gasteiger partial charge in [0, 0.05) is 6.42 Å². The average Bonchev–Trinajstić information content (AvgIpc) is 3.31. The minimum absolute atomic E-state index is 0.0272. The van der Waals surface area contributed by atoms with E-state index >= 15 is 0 Å². The van der Waals surface area contributed by atoms with Crippen molar-refractivity contribution in [2.45, 2.75) is 31.0 Å². The monoisotopic (exact) mass is 445 g/mol. The van der Waals surface area contributed by atoms with Crippen LogP contribution in [0.15, 0.2) is 52.1 Å². The van der Waals surface area contributed by atoms with Crippen molar-refractivity contribution in [3.05, 3.63) is 53.9 Å². The second-order valence-electron chi connectivity index (χ2n) is 7.62. The summed E-state index contributed by atoms with van der Waals surface area (Å²) >= 11 is 1.18. The van der Waals surface area contributed by atoms with Gasteiger partial charge in [-0.05, 0) is 41.7 Å². The van der Waals surface area contributed by atoms with Crippen molar-refractivity contribution in [1.29, 1.82) is 0 Å². The summed E-state index contributed by atoms with van der Waals surface area (Å²) < 4.78 is 28.7. The molecule has 7 nitrogen and oxygen atoms in total. The van der Waals surface area contributed by atoms with E-state index < -0.39 is 9.84 Å². The van der Waals surface area contributed by atoms with E-state index in [-0.39, 0.29) is 35.1 Å². The van der Waals surface area contributed by atoms with E-state index in [1.807, 2.05) is 25.1 Å². The molecule has 2 aromatic carbocycles. The van der Waals surface area contributed by atoms with Crippen molar-refractivity contribution in [3.63, 3.8) is 0 Å². The second-order valence-corrected chi connectivity index (χ2v) is 10.8. The summed E-state index contributed by atoms with van der Waals surface area (Å²) in [5, 5.41) is 13.5. The summed E-state index contributed by atoms with van der Waals surface area (Å²) in [5.74, 6) is 0.888. The van der Waals surface area contributed by atoms with Gasteiger partial charge in [-0.25, -0.2) is 8.42 Å². The lowest BCUT2D eigenvalue weighted by atomic mass is 10.0. The molecular formula is C21H23N3O4S2. The third-order valence-corrected chi connectivity index (χ3v) is 7.87. The van der Waals surface area contributed by atoms with E-state index in [9.17, 15) is 13.2 Å². The summed E-state index contributed by atoms with van der Waals surface area (Å²) in [6, 6.07) is 14.2. The molecular weight excluding hydrogens is 422 g/mol. The molecule has 1 amide bonds. The SMILES string of the molecule is C[C@H](NC(=O)CSc1nnc(C[C@@H]2CCS(=O)(=O)C2)o1)c1ccc2ccccc2c1. The first kappa shape index (κ1) is 20.9. The summed E-state index contributed by atoms with van der Waals surface area (Å²) in [5.41, 5.74) is 1.04. The molecule has 1 aliphatic rings. The van der Waals surface area contributed by atoms with Crippen molar-refractivity contribution in [2.75, 3.05) is 17.3 Å². The molecule has 0 spiro atoms. The Hall–Kier alpha value is -2.39. The summed E-state index contributed by atoms with van der Waals surface area (Å²) in [6.07, 6.45) is 1.08. The van der Waals surface area contributed by atoms with Crippen molar-refractivity contribution < 1.29 is 17.6 Å². The minimum Gasteiger partial charge on any atom is -0.416 e. The second kappa shape index (κ2) is 8.77. The van der Waals surface area contributed by atoms with E-state index in [4.69, 9.17) is 4.42 Å². The van der Waals surface area contributed by atoms with Gasteiger partial charge in [-0.15, -0.1) is 10.2 Å². The van der Waals surface area contributed by atoms with E-state index in [1.165, 1.54) is 11.8 Å². The van der Waals surface area contributed by atoms with Crippen LogP contribution in [-0.2, 0) is 21.1 Å². The van der Waals surface area contributed by atoms with Crippen LogP contribution in [-0.4, -0.2) is 41.8 Å². The number of nitrogens with one attached hydrogen (secondary N) is 1. The van der Waals surface area contributed by atoms with Crippen molar-refractivity contribution in [2.24, 2.45) is 5.92 Å². The number of sulfone groups is 1. The Morgan fingerprint density at radius 3 is 2.80 bits per heavy atom. The molecule has 1 aromatic heterocycles. The first-order valence-corrected chi connectivity index (χ1v) is 12.6. The van der Waals surface area contributed by atoms with Crippen molar-refractivity contribution in [3.8, 4) is 0 Å². The molecule has 4 rings (SSSR count). The van der Waals surface area contributed by atoms with Crippen LogP contribution in [0.3, 0.4) is 0 Å². The predicted octanol–water partition coefficient (Wildman–Crippen LogP) is 3.17. The number of hydrogen-bond acceptors (Lipinski definition) is 7. The number of rotatable bonds is 7. The van der Waals surface area contributed by atoms with Gasteiger partial charge in [-0.3, -0.25) is 4.79 Å². The highest BCUT2D eigenvalue weighted by Crippen LogP contribution is 2.24. The van der Waals surface area contributed by atoms with E-state index in [0.29, 0.717) is 24.0 Å². The molecule has 158 valence electrons. The third-order valence-electron chi connectivity index (χ3n) is 5.22. The Morgan fingerprint density at radius 1 is 1.23 bits per heavy atom. The molecule has 1 N–H and O–H groups in total. The van der Waals surface area contributed by atoms with Crippen LogP contribution in [0.2, 0.25) is 0 Å². The Labute approximate surface area is 179 Å². The quantitative estimate of drug-likeness (QED) is 0.557. The topological polar surface area (TPSA) is 102 Å². The highest BCUT2D eigenvalue weighted by atomic mass is 32.2. The van der Waals surface area contributed by atoms with Gasteiger partial charge in [0.2, 0.25) is 11.8 Å². The van der Waals surface area contributed by atoms with Crippen LogP contribution in [0.25, 0.3) is 10.8 Å². The molecule has 9 heteroatoms. The number of nitrogens with zero attached hydrogens (tertiary/aromatic N) is 2. The molecule has 1 aliphatic heterocycles. The number of carbonyl (C=O) groups excluding carboxylic acids is 1. The Balaban J connectivity index is 1.27. The highest BCUT2D eigenvalue weighted by molar-refractivity contribution is 7.99. The van der Waals surface area contributed by atoms with Crippen LogP contribution in [0.4, 0.5) is 0 Å². The molecule has 3 aromatic rings. The fraction of sp³-hybridized carbons (Fsp3) is 0.381. The number of amides is 1. The van der Waals surface area contributed by atoms with Crippen LogP contribution >= 0.6 is 11.8 Å². The molecule has 0 radical (unpaired) electrons. The lowest BCUT2D eigenvalue weighted by Gasteiger charge is -2.14. The fourth-order valence-electron chi connectivity index (χ4n) is 3.63. The molecule has 0 bridgehead atoms. The summed E-state index contributed by atoms with van der Waals surface area (Å²) in [4.78, 5) is 12.3. The summed E-state index contributed by atoms with van der Waals surface area (Å²) in [7, 11) is -2.93. The first-order chi connectivity index (χ1) is 14.4. The molecule has 1 fully saturated rings. The zero-order valence-electron chi connectivity index (χ0n) is 16.6. The smallest absolute Gasteiger partial charge is 0.277 e. The van der Waals surface area contributed by atoms with Gasteiger partial charge >= 0.3 is 0 Å². The van der Waals surface area contributed by atoms with Crippen LogP contribution in [0.5, 0.6) is 0 Å². The van der Waals surface area contributed by atoms with Gasteiger partial charge in [-0.2, -0.15) is 0 Å². The molecule has 0 saturated carbocycles. The highest BCUT2D eigenvalue weighted by Gasteiger charge is 2.29. The maximum Gasteiger partial charge on any atom is 0.277 e. The van der Waals surface area contributed by atoms with Gasteiger partial charge in [0.05, 0.1) is 23.3 Å². The summed E-state index contributed by atoms with van der Waals surface area (Å²) in [6.45, 7) is 1.95. The number of fused-ring (bicyclic) bond motifs is 1. The third kappa shape index (κ3) is 5.20. The van der Waals surface area contributed by atoms with E-state index in [0.717, 1.165) is 16.3 Å². The Kier molecular flexibility index (Phi) is 6.10. The van der Waals surface area contributed by atoms with Gasteiger partial charge in [0.25, 0.3) is 5.22 Å². The molecule has 2 atom stereocenters. The van der Waals surface area contributed by atoms with Crippen LogP contribution in [0.1, 0.15) is 30.8 Å². The fourth-order valence-corrected chi connectivity index (χ4v) is 6.08. The van der Waals surface area contributed by atoms with Gasteiger partial charge < -0.3 is 9.73 Å². The van der Waals surface area contributed by atoms with Crippen molar-refractivity contribution >= 4 is 38.3 Å². The number of carbonyl (C=O) groups is 1. The lowest BCUT2D eigenvalue weighted by molar-refractivity contribution is -0.119. The van der Waals surface area contributed by atoms with Crippen LogP contribution in [0, 0.1) is 5.92 Å². The Bertz CT molecular complexity index is 1160. The molecule has 1 saturated heterocycles.